The minimum absolute atomic E-state index is 0.0891. The van der Waals surface area contributed by atoms with E-state index in [1.54, 1.807) is 13.8 Å². The van der Waals surface area contributed by atoms with E-state index >= 15 is 0 Å². The predicted octanol–water partition coefficient (Wildman–Crippen LogP) is 1.51. The summed E-state index contributed by atoms with van der Waals surface area (Å²) < 4.78 is 10.3. The van der Waals surface area contributed by atoms with Crippen LogP contribution in [0.15, 0.2) is 54.6 Å². The van der Waals surface area contributed by atoms with Crippen molar-refractivity contribution >= 4 is 17.8 Å². The number of carbonyl (C=O) groups excluding carboxylic acids is 3. The standard InChI is InChI=1S/C23H29NO7/c1-15-13-21(27)24(14-18-7-5-4-6-8-18)16(2)19(25)9-11-23(29)31-17(3)20(26)10-12-22(28)30-15/h4-12,15-17,19-20,25-26H,13-14H2,1-3H3/b11-9+,12-10+/t15-,16-,17-,19+,20+/m0/s1. The molecule has 5 atom stereocenters. The van der Waals surface area contributed by atoms with Gasteiger partial charge in [0, 0.05) is 18.7 Å². The van der Waals surface area contributed by atoms with Crippen molar-refractivity contribution in [2.45, 2.75) is 64.2 Å². The van der Waals surface area contributed by atoms with Crippen LogP contribution in [-0.2, 0) is 30.4 Å². The second-order valence-corrected chi connectivity index (χ2v) is 7.54. The number of aliphatic hydroxyl groups excluding tert-OH is 2. The highest BCUT2D eigenvalue weighted by atomic mass is 16.6. The maximum absolute atomic E-state index is 13.0. The van der Waals surface area contributed by atoms with E-state index in [2.05, 4.69) is 0 Å². The van der Waals surface area contributed by atoms with Crippen molar-refractivity contribution in [3.63, 3.8) is 0 Å². The van der Waals surface area contributed by atoms with Crippen LogP contribution >= 0.6 is 0 Å². The number of ether oxygens (including phenoxy) is 2. The summed E-state index contributed by atoms with van der Waals surface area (Å²) in [5.41, 5.74) is 0.864. The lowest BCUT2D eigenvalue weighted by atomic mass is 10.1. The van der Waals surface area contributed by atoms with Crippen molar-refractivity contribution in [1.29, 1.82) is 0 Å². The zero-order valence-corrected chi connectivity index (χ0v) is 17.9. The van der Waals surface area contributed by atoms with E-state index in [1.165, 1.54) is 17.9 Å². The lowest BCUT2D eigenvalue weighted by Gasteiger charge is -2.32. The molecular weight excluding hydrogens is 402 g/mol. The molecule has 0 bridgehead atoms. The Balaban J connectivity index is 2.30. The summed E-state index contributed by atoms with van der Waals surface area (Å²) in [6.07, 6.45) is 0.402. The van der Waals surface area contributed by atoms with Crippen LogP contribution in [0.4, 0.5) is 0 Å². The Kier molecular flexibility index (Phi) is 8.96. The number of rotatable bonds is 2. The zero-order chi connectivity index (χ0) is 23.0. The first kappa shape index (κ1) is 24.3. The van der Waals surface area contributed by atoms with Crippen LogP contribution in [0.1, 0.15) is 32.8 Å². The summed E-state index contributed by atoms with van der Waals surface area (Å²) >= 11 is 0. The largest absolute Gasteiger partial charge is 0.459 e. The van der Waals surface area contributed by atoms with Crippen molar-refractivity contribution < 1.29 is 34.1 Å². The highest BCUT2D eigenvalue weighted by Crippen LogP contribution is 2.16. The molecule has 8 nitrogen and oxygen atoms in total. The van der Waals surface area contributed by atoms with Gasteiger partial charge in [0.1, 0.15) is 18.3 Å². The van der Waals surface area contributed by atoms with Crippen molar-refractivity contribution in [2.24, 2.45) is 0 Å². The Hall–Kier alpha value is -2.97. The molecule has 0 spiro atoms. The van der Waals surface area contributed by atoms with E-state index in [0.717, 1.165) is 23.8 Å². The normalized spacial score (nSPS) is 30.9. The van der Waals surface area contributed by atoms with E-state index in [4.69, 9.17) is 9.47 Å². The molecule has 1 aliphatic heterocycles. The van der Waals surface area contributed by atoms with Crippen LogP contribution in [0.3, 0.4) is 0 Å². The van der Waals surface area contributed by atoms with Gasteiger partial charge in [-0.25, -0.2) is 9.59 Å². The second kappa shape index (κ2) is 11.4. The second-order valence-electron chi connectivity index (χ2n) is 7.54. The number of carbonyl (C=O) groups is 3. The van der Waals surface area contributed by atoms with Crippen LogP contribution in [0.5, 0.6) is 0 Å². The number of hydrogen-bond donors (Lipinski definition) is 2. The van der Waals surface area contributed by atoms with Gasteiger partial charge in [-0.1, -0.05) is 30.3 Å². The summed E-state index contributed by atoms with van der Waals surface area (Å²) in [4.78, 5) is 38.5. The van der Waals surface area contributed by atoms with E-state index in [9.17, 15) is 24.6 Å². The van der Waals surface area contributed by atoms with Crippen molar-refractivity contribution in [3.8, 4) is 0 Å². The fourth-order valence-corrected chi connectivity index (χ4v) is 3.03. The average Bonchev–Trinajstić information content (AvgIpc) is 2.73. The minimum Gasteiger partial charge on any atom is -0.459 e. The van der Waals surface area contributed by atoms with Gasteiger partial charge in [-0.05, 0) is 38.5 Å². The molecule has 8 heteroatoms. The first-order chi connectivity index (χ1) is 14.7. The molecule has 0 saturated carbocycles. The van der Waals surface area contributed by atoms with Crippen LogP contribution < -0.4 is 0 Å². The van der Waals surface area contributed by atoms with Gasteiger partial charge in [0.25, 0.3) is 0 Å². The van der Waals surface area contributed by atoms with Gasteiger partial charge in [-0.3, -0.25) is 4.79 Å². The Labute approximate surface area is 181 Å². The van der Waals surface area contributed by atoms with Crippen LogP contribution in [0.25, 0.3) is 0 Å². The van der Waals surface area contributed by atoms with Gasteiger partial charge >= 0.3 is 11.9 Å². The molecule has 1 aromatic carbocycles. The maximum Gasteiger partial charge on any atom is 0.330 e. The fraction of sp³-hybridized carbons (Fsp3) is 0.435. The number of esters is 2. The molecule has 1 heterocycles. The summed E-state index contributed by atoms with van der Waals surface area (Å²) in [6, 6.07) is 8.60. The highest BCUT2D eigenvalue weighted by Gasteiger charge is 2.27. The Morgan fingerprint density at radius 3 is 2.13 bits per heavy atom. The Morgan fingerprint density at radius 1 is 0.903 bits per heavy atom. The molecule has 1 amide bonds. The van der Waals surface area contributed by atoms with Crippen molar-refractivity contribution in [2.75, 3.05) is 0 Å². The third kappa shape index (κ3) is 7.66. The van der Waals surface area contributed by atoms with E-state index in [0.29, 0.717) is 0 Å². The third-order valence-corrected chi connectivity index (χ3v) is 4.92. The molecule has 0 radical (unpaired) electrons. The molecule has 0 unspecified atom stereocenters. The number of nitrogens with zero attached hydrogens (tertiary/aromatic N) is 1. The van der Waals surface area contributed by atoms with Crippen molar-refractivity contribution in [1.82, 2.24) is 4.90 Å². The summed E-state index contributed by atoms with van der Waals surface area (Å²) in [6.45, 7) is 4.96. The van der Waals surface area contributed by atoms with Crippen LogP contribution in [0, 0.1) is 0 Å². The van der Waals surface area contributed by atoms with Gasteiger partial charge < -0.3 is 24.6 Å². The highest BCUT2D eigenvalue weighted by molar-refractivity contribution is 5.83. The number of aliphatic hydroxyl groups is 2. The first-order valence-corrected chi connectivity index (χ1v) is 10.1. The summed E-state index contributed by atoms with van der Waals surface area (Å²) in [5, 5.41) is 20.6. The number of cyclic esters (lactones) is 2. The number of benzene rings is 1. The van der Waals surface area contributed by atoms with Gasteiger partial charge in [0.2, 0.25) is 5.91 Å². The van der Waals surface area contributed by atoms with Gasteiger partial charge in [-0.15, -0.1) is 0 Å². The molecule has 0 aromatic heterocycles. The molecule has 0 aliphatic carbocycles. The third-order valence-electron chi connectivity index (χ3n) is 4.92. The van der Waals surface area contributed by atoms with Gasteiger partial charge in [0.05, 0.1) is 18.6 Å². The summed E-state index contributed by atoms with van der Waals surface area (Å²) in [5.74, 6) is -1.82. The van der Waals surface area contributed by atoms with Crippen LogP contribution in [0.2, 0.25) is 0 Å². The Bertz CT molecular complexity index is 820. The monoisotopic (exact) mass is 431 g/mol. The zero-order valence-electron chi connectivity index (χ0n) is 17.9. The smallest absolute Gasteiger partial charge is 0.330 e. The van der Waals surface area contributed by atoms with Crippen molar-refractivity contribution in [3.05, 3.63) is 60.2 Å². The molecule has 168 valence electrons. The predicted molar refractivity (Wildman–Crippen MR) is 112 cm³/mol. The first-order valence-electron chi connectivity index (χ1n) is 10.1. The quantitative estimate of drug-likeness (QED) is 0.683. The average molecular weight is 431 g/mol. The minimum atomic E-state index is -1.22. The topological polar surface area (TPSA) is 113 Å². The van der Waals surface area contributed by atoms with Gasteiger partial charge in [0.15, 0.2) is 0 Å². The van der Waals surface area contributed by atoms with E-state index in [1.807, 2.05) is 30.3 Å². The maximum atomic E-state index is 13.0. The van der Waals surface area contributed by atoms with Gasteiger partial charge in [-0.2, -0.15) is 0 Å². The molecule has 0 saturated heterocycles. The SMILES string of the molecule is C[C@@H]1OC(=O)/C=C/[C@@H](O)[C@H](C)N(Cc2ccccc2)C(=O)C[C@H](C)OC(=O)/C=C/[C@H]1O. The lowest BCUT2D eigenvalue weighted by Crippen LogP contribution is -2.45. The molecule has 0 fully saturated rings. The molecule has 1 aromatic rings. The van der Waals surface area contributed by atoms with E-state index < -0.39 is 42.4 Å². The fourth-order valence-electron chi connectivity index (χ4n) is 3.03. The number of hydrogen-bond acceptors (Lipinski definition) is 7. The van der Waals surface area contributed by atoms with Crippen LogP contribution in [-0.4, -0.2) is 63.4 Å². The lowest BCUT2D eigenvalue weighted by molar-refractivity contribution is -0.147. The van der Waals surface area contributed by atoms with E-state index in [-0.39, 0.29) is 18.9 Å². The molecule has 31 heavy (non-hydrogen) atoms. The molecule has 1 aliphatic rings. The molecular formula is C23H29NO7. The molecule has 2 N–H and O–H groups in total. The molecule has 2 rings (SSSR count). The number of amides is 1. The summed E-state index contributed by atoms with van der Waals surface area (Å²) in [7, 11) is 0. The Morgan fingerprint density at radius 2 is 1.48 bits per heavy atom.